The number of hydrogen-bond acceptors (Lipinski definition) is 7. The van der Waals surface area contributed by atoms with Crippen LogP contribution in [0.1, 0.15) is 17.3 Å². The van der Waals surface area contributed by atoms with Gasteiger partial charge < -0.3 is 29.4 Å². The molecule has 4 aromatic rings. The first-order valence-corrected chi connectivity index (χ1v) is 11.8. The van der Waals surface area contributed by atoms with Gasteiger partial charge in [0.1, 0.15) is 5.69 Å². The summed E-state index contributed by atoms with van der Waals surface area (Å²) < 4.78 is 45.8. The maximum atomic E-state index is 13.6. The fourth-order valence-corrected chi connectivity index (χ4v) is 3.92. The number of nitrogens with two attached hydrogens (primary N) is 1. The summed E-state index contributed by atoms with van der Waals surface area (Å²) in [5.74, 6) is -3.23. The molecule has 0 spiro atoms. The predicted molar refractivity (Wildman–Crippen MR) is 138 cm³/mol. The summed E-state index contributed by atoms with van der Waals surface area (Å²) >= 11 is 0. The Morgan fingerprint density at radius 3 is 2.41 bits per heavy atom. The van der Waals surface area contributed by atoms with E-state index in [-0.39, 0.29) is 5.56 Å². The molecule has 2 aromatic carbocycles. The maximum absolute atomic E-state index is 13.6. The van der Waals surface area contributed by atoms with Crippen LogP contribution in [0.3, 0.4) is 0 Å². The number of carboxylic acid groups (broad SMARTS) is 1. The van der Waals surface area contributed by atoms with Crippen molar-refractivity contribution in [2.24, 2.45) is 5.73 Å². The second-order valence-electron chi connectivity index (χ2n) is 8.16. The summed E-state index contributed by atoms with van der Waals surface area (Å²) in [6.45, 7) is 4.27. The minimum Gasteiger partial charge on any atom is -0.475 e. The van der Waals surface area contributed by atoms with Gasteiger partial charge in [-0.25, -0.2) is 14.6 Å². The average molecular weight is 549 g/mol. The Labute approximate surface area is 220 Å². The summed E-state index contributed by atoms with van der Waals surface area (Å²) in [5, 5.41) is 8.09. The van der Waals surface area contributed by atoms with Gasteiger partial charge in [0, 0.05) is 42.3 Å². The largest absolute Gasteiger partial charge is 0.490 e. The zero-order valence-corrected chi connectivity index (χ0v) is 21.2. The molecule has 0 atom stereocenters. The number of hydrogen-bond donors (Lipinski definition) is 2. The van der Waals surface area contributed by atoms with Crippen molar-refractivity contribution in [1.82, 2.24) is 14.1 Å². The molecule has 0 aliphatic carbocycles. The van der Waals surface area contributed by atoms with Gasteiger partial charge in [0.15, 0.2) is 0 Å². The Hall–Kier alpha value is -4.23. The number of aliphatic carboxylic acids is 1. The van der Waals surface area contributed by atoms with Crippen molar-refractivity contribution in [3.63, 3.8) is 0 Å². The number of carboxylic acids is 1. The number of carbonyl (C=O) groups is 2. The van der Waals surface area contributed by atoms with Gasteiger partial charge in [0.25, 0.3) is 5.56 Å². The van der Waals surface area contributed by atoms with Crippen molar-refractivity contribution in [2.75, 3.05) is 26.9 Å². The SMILES string of the molecule is CCn1cc(-c2nc3ccc(C(=O)OC)cc3n(CCOCCN)c2=O)c2ccccc21.O=C(O)C(F)(F)F. The Morgan fingerprint density at radius 2 is 1.79 bits per heavy atom. The summed E-state index contributed by atoms with van der Waals surface area (Å²) in [6, 6.07) is 13.0. The van der Waals surface area contributed by atoms with E-state index in [0.717, 1.165) is 23.0 Å². The van der Waals surface area contributed by atoms with Crippen LogP contribution in [0.15, 0.2) is 53.5 Å². The lowest BCUT2D eigenvalue weighted by molar-refractivity contribution is -0.192. The van der Waals surface area contributed by atoms with Gasteiger partial charge in [-0.3, -0.25) is 4.79 Å². The van der Waals surface area contributed by atoms with Gasteiger partial charge >= 0.3 is 18.1 Å². The van der Waals surface area contributed by atoms with Crippen LogP contribution in [0.4, 0.5) is 13.2 Å². The molecule has 13 heteroatoms. The quantitative estimate of drug-likeness (QED) is 0.252. The van der Waals surface area contributed by atoms with Crippen LogP contribution in [-0.2, 0) is 27.4 Å². The van der Waals surface area contributed by atoms with Gasteiger partial charge in [-0.1, -0.05) is 18.2 Å². The van der Waals surface area contributed by atoms with Crippen LogP contribution < -0.4 is 11.3 Å². The van der Waals surface area contributed by atoms with Crippen LogP contribution in [0.2, 0.25) is 0 Å². The molecular weight excluding hydrogens is 521 g/mol. The molecule has 0 aliphatic rings. The Bertz CT molecular complexity index is 1540. The Morgan fingerprint density at radius 1 is 1.10 bits per heavy atom. The van der Waals surface area contributed by atoms with Crippen molar-refractivity contribution in [3.8, 4) is 11.3 Å². The number of rotatable bonds is 8. The minimum atomic E-state index is -5.08. The molecule has 208 valence electrons. The normalized spacial score (nSPS) is 11.3. The van der Waals surface area contributed by atoms with Crippen molar-refractivity contribution >= 4 is 33.9 Å². The number of carbonyl (C=O) groups excluding carboxylic acids is 1. The molecule has 2 aromatic heterocycles. The lowest BCUT2D eigenvalue weighted by Crippen LogP contribution is -2.26. The first-order valence-electron chi connectivity index (χ1n) is 11.8. The maximum Gasteiger partial charge on any atom is 0.490 e. The van der Waals surface area contributed by atoms with E-state index in [1.54, 1.807) is 22.8 Å². The van der Waals surface area contributed by atoms with Crippen LogP contribution >= 0.6 is 0 Å². The van der Waals surface area contributed by atoms with E-state index in [9.17, 15) is 22.8 Å². The number of fused-ring (bicyclic) bond motifs is 2. The molecule has 0 fully saturated rings. The zero-order valence-electron chi connectivity index (χ0n) is 21.2. The highest BCUT2D eigenvalue weighted by Crippen LogP contribution is 2.29. The van der Waals surface area contributed by atoms with Gasteiger partial charge in [0.05, 0.1) is 36.9 Å². The van der Waals surface area contributed by atoms with Crippen LogP contribution in [0, 0.1) is 0 Å². The number of para-hydroxylation sites is 1. The third kappa shape index (κ3) is 6.62. The van der Waals surface area contributed by atoms with Crippen molar-refractivity contribution in [1.29, 1.82) is 0 Å². The summed E-state index contributed by atoms with van der Waals surface area (Å²) in [4.78, 5) is 39.3. The van der Waals surface area contributed by atoms with Gasteiger partial charge in [-0.15, -0.1) is 0 Å². The molecule has 39 heavy (non-hydrogen) atoms. The molecule has 3 N–H and O–H groups in total. The summed E-state index contributed by atoms with van der Waals surface area (Å²) in [7, 11) is 1.32. The van der Waals surface area contributed by atoms with Crippen molar-refractivity contribution in [3.05, 3.63) is 64.6 Å². The monoisotopic (exact) mass is 548 g/mol. The number of benzene rings is 2. The van der Waals surface area contributed by atoms with E-state index < -0.39 is 18.1 Å². The van der Waals surface area contributed by atoms with Crippen molar-refractivity contribution < 1.29 is 37.3 Å². The molecule has 10 nitrogen and oxygen atoms in total. The van der Waals surface area contributed by atoms with E-state index in [0.29, 0.717) is 48.6 Å². The second kappa shape index (κ2) is 12.5. The second-order valence-corrected chi connectivity index (χ2v) is 8.16. The molecular formula is C26H27F3N4O6. The van der Waals surface area contributed by atoms with Gasteiger partial charge in [0.2, 0.25) is 0 Å². The summed E-state index contributed by atoms with van der Waals surface area (Å²) in [5.41, 5.74) is 8.98. The lowest BCUT2D eigenvalue weighted by Gasteiger charge is -2.13. The van der Waals surface area contributed by atoms with Gasteiger partial charge in [-0.2, -0.15) is 13.2 Å². The zero-order chi connectivity index (χ0) is 28.7. The van der Waals surface area contributed by atoms with E-state index in [4.69, 9.17) is 30.1 Å². The molecule has 0 radical (unpaired) electrons. The molecule has 0 amide bonds. The van der Waals surface area contributed by atoms with E-state index in [1.807, 2.05) is 30.5 Å². The smallest absolute Gasteiger partial charge is 0.475 e. The molecule has 4 rings (SSSR count). The molecule has 0 unspecified atom stereocenters. The number of esters is 1. The standard InChI is InChI=1S/C24H26N4O4.C2HF3O2/c1-3-27-15-18(17-6-4-5-7-20(17)27)22-23(29)28(11-13-32-12-10-25)21-14-16(24(30)31-2)8-9-19(21)26-22;3-2(4,5)1(6)7/h4-9,14-15H,3,10-13,25H2,1-2H3;(H,6,7). The van der Waals surface area contributed by atoms with E-state index in [2.05, 4.69) is 11.5 Å². The average Bonchev–Trinajstić information content (AvgIpc) is 3.29. The highest BCUT2D eigenvalue weighted by Gasteiger charge is 2.38. The van der Waals surface area contributed by atoms with Crippen LogP contribution in [0.25, 0.3) is 33.2 Å². The lowest BCUT2D eigenvalue weighted by atomic mass is 10.1. The minimum absolute atomic E-state index is 0.241. The van der Waals surface area contributed by atoms with Gasteiger partial charge in [-0.05, 0) is 31.2 Å². The molecule has 0 saturated heterocycles. The number of nitrogens with zero attached hydrogens (tertiary/aromatic N) is 3. The van der Waals surface area contributed by atoms with Crippen LogP contribution in [-0.4, -0.2) is 64.2 Å². The first kappa shape index (κ1) is 29.3. The highest BCUT2D eigenvalue weighted by molar-refractivity contribution is 5.97. The number of aryl methyl sites for hydroxylation is 1. The third-order valence-electron chi connectivity index (χ3n) is 5.72. The Kier molecular flexibility index (Phi) is 9.43. The van der Waals surface area contributed by atoms with Crippen LogP contribution in [0.5, 0.6) is 0 Å². The molecule has 2 heterocycles. The first-order chi connectivity index (χ1) is 18.5. The number of methoxy groups -OCH3 is 1. The molecule has 0 saturated carbocycles. The van der Waals surface area contributed by atoms with E-state index >= 15 is 0 Å². The van der Waals surface area contributed by atoms with Crippen molar-refractivity contribution in [2.45, 2.75) is 26.2 Å². The fourth-order valence-electron chi connectivity index (χ4n) is 3.92. The topological polar surface area (TPSA) is 139 Å². The number of alkyl halides is 3. The molecule has 0 bridgehead atoms. The number of aromatic nitrogens is 3. The summed E-state index contributed by atoms with van der Waals surface area (Å²) in [6.07, 6.45) is -3.11. The number of halogens is 3. The molecule has 0 aliphatic heterocycles. The highest BCUT2D eigenvalue weighted by atomic mass is 19.4. The number of ether oxygens (including phenoxy) is 2. The third-order valence-corrected chi connectivity index (χ3v) is 5.72. The van der Waals surface area contributed by atoms with E-state index in [1.165, 1.54) is 7.11 Å². The Balaban J connectivity index is 0.000000532. The fraction of sp³-hybridized carbons (Fsp3) is 0.308. The predicted octanol–water partition coefficient (Wildman–Crippen LogP) is 3.43.